The fourth-order valence-corrected chi connectivity index (χ4v) is 3.34. The molecular formula is C19H19N7O2. The van der Waals surface area contributed by atoms with Crippen molar-refractivity contribution in [1.29, 1.82) is 0 Å². The highest BCUT2D eigenvalue weighted by atomic mass is 16.2. The molecule has 0 radical (unpaired) electrons. The molecule has 2 aromatic heterocycles. The molecule has 2 aliphatic rings. The number of nitrogens with one attached hydrogen (secondary N) is 1. The summed E-state index contributed by atoms with van der Waals surface area (Å²) in [5.74, 6) is -0.293. The number of rotatable bonds is 4. The molecule has 28 heavy (non-hydrogen) atoms. The minimum Gasteiger partial charge on any atom is -0.348 e. The van der Waals surface area contributed by atoms with Gasteiger partial charge in [0.15, 0.2) is 11.4 Å². The SMILES string of the molecule is O=C(NC1CC1)c1cc2n(n1)CCN(C(=O)c1cnnn1-c1ccccc1)C2. The Bertz CT molecular complexity index is 1040. The number of aromatic nitrogens is 5. The highest BCUT2D eigenvalue weighted by Gasteiger charge is 2.29. The summed E-state index contributed by atoms with van der Waals surface area (Å²) in [7, 11) is 0. The monoisotopic (exact) mass is 377 g/mol. The smallest absolute Gasteiger partial charge is 0.274 e. The van der Waals surface area contributed by atoms with Gasteiger partial charge < -0.3 is 10.2 Å². The van der Waals surface area contributed by atoms with Gasteiger partial charge in [-0.05, 0) is 31.0 Å². The zero-order valence-corrected chi connectivity index (χ0v) is 15.2. The first-order chi connectivity index (χ1) is 13.7. The van der Waals surface area contributed by atoms with Crippen LogP contribution in [0.2, 0.25) is 0 Å². The summed E-state index contributed by atoms with van der Waals surface area (Å²) in [5, 5.41) is 15.3. The van der Waals surface area contributed by atoms with Crippen molar-refractivity contribution >= 4 is 11.8 Å². The van der Waals surface area contributed by atoms with Crippen molar-refractivity contribution in [2.75, 3.05) is 6.54 Å². The molecule has 1 aliphatic carbocycles. The lowest BCUT2D eigenvalue weighted by molar-refractivity contribution is 0.0696. The summed E-state index contributed by atoms with van der Waals surface area (Å²) in [6.45, 7) is 1.45. The van der Waals surface area contributed by atoms with Crippen LogP contribution in [-0.4, -0.2) is 54.1 Å². The van der Waals surface area contributed by atoms with Crippen LogP contribution in [0.5, 0.6) is 0 Å². The Kier molecular flexibility index (Phi) is 3.92. The molecule has 1 N–H and O–H groups in total. The van der Waals surface area contributed by atoms with Crippen LogP contribution in [0.1, 0.15) is 39.5 Å². The zero-order valence-electron chi connectivity index (χ0n) is 15.2. The molecule has 1 fully saturated rings. The number of benzene rings is 1. The molecule has 9 heteroatoms. The molecule has 0 unspecified atom stereocenters. The van der Waals surface area contributed by atoms with Gasteiger partial charge in [0.25, 0.3) is 11.8 Å². The minimum atomic E-state index is -0.148. The largest absolute Gasteiger partial charge is 0.348 e. The number of hydrogen-bond acceptors (Lipinski definition) is 5. The van der Waals surface area contributed by atoms with Crippen molar-refractivity contribution in [3.05, 3.63) is 59.7 Å². The van der Waals surface area contributed by atoms with Crippen LogP contribution in [0.25, 0.3) is 5.69 Å². The second-order valence-corrected chi connectivity index (χ2v) is 7.09. The molecule has 9 nitrogen and oxygen atoms in total. The summed E-state index contributed by atoms with van der Waals surface area (Å²) >= 11 is 0. The van der Waals surface area contributed by atoms with Gasteiger partial charge in [0.2, 0.25) is 0 Å². The van der Waals surface area contributed by atoms with Crippen molar-refractivity contribution < 1.29 is 9.59 Å². The van der Waals surface area contributed by atoms with E-state index in [4.69, 9.17) is 0 Å². The first-order valence-corrected chi connectivity index (χ1v) is 9.32. The van der Waals surface area contributed by atoms with Gasteiger partial charge in [-0.3, -0.25) is 14.3 Å². The van der Waals surface area contributed by atoms with Crippen molar-refractivity contribution in [1.82, 2.24) is 35.0 Å². The molecule has 0 spiro atoms. The fraction of sp³-hybridized carbons (Fsp3) is 0.316. The molecule has 3 heterocycles. The molecule has 1 saturated carbocycles. The summed E-state index contributed by atoms with van der Waals surface area (Å²) in [4.78, 5) is 27.0. The Morgan fingerprint density at radius 1 is 1.11 bits per heavy atom. The normalized spacial score (nSPS) is 15.9. The van der Waals surface area contributed by atoms with E-state index in [1.807, 2.05) is 30.3 Å². The van der Waals surface area contributed by atoms with E-state index in [-0.39, 0.29) is 17.9 Å². The van der Waals surface area contributed by atoms with Crippen LogP contribution < -0.4 is 5.32 Å². The van der Waals surface area contributed by atoms with E-state index in [0.717, 1.165) is 24.2 Å². The standard InChI is InChI=1S/C19H19N7O2/c27-18(21-13-6-7-13)16-10-15-12-24(8-9-25(15)22-16)19(28)17-11-20-23-26(17)14-4-2-1-3-5-14/h1-5,10-11,13H,6-9,12H2,(H,21,27). The Morgan fingerprint density at radius 3 is 2.71 bits per heavy atom. The first kappa shape index (κ1) is 16.7. The van der Waals surface area contributed by atoms with Crippen LogP contribution in [0, 0.1) is 0 Å². The second-order valence-electron chi connectivity index (χ2n) is 7.09. The molecule has 0 saturated heterocycles. The highest BCUT2D eigenvalue weighted by molar-refractivity contribution is 5.94. The van der Waals surface area contributed by atoms with Gasteiger partial charge in [-0.15, -0.1) is 5.10 Å². The average Bonchev–Trinajstić information content (AvgIpc) is 3.24. The topological polar surface area (TPSA) is 97.9 Å². The summed E-state index contributed by atoms with van der Waals surface area (Å²) in [5.41, 5.74) is 2.45. The lowest BCUT2D eigenvalue weighted by Gasteiger charge is -2.27. The summed E-state index contributed by atoms with van der Waals surface area (Å²) < 4.78 is 3.35. The van der Waals surface area contributed by atoms with E-state index < -0.39 is 0 Å². The molecule has 0 atom stereocenters. The van der Waals surface area contributed by atoms with E-state index in [9.17, 15) is 9.59 Å². The average molecular weight is 377 g/mol. The maximum Gasteiger partial charge on any atom is 0.274 e. The number of carbonyl (C=O) groups is 2. The van der Waals surface area contributed by atoms with Gasteiger partial charge in [0.05, 0.1) is 30.7 Å². The van der Waals surface area contributed by atoms with Crippen molar-refractivity contribution in [2.24, 2.45) is 0 Å². The third-order valence-corrected chi connectivity index (χ3v) is 5.00. The predicted octanol–water partition coefficient (Wildman–Crippen LogP) is 1.01. The van der Waals surface area contributed by atoms with Crippen LogP contribution in [-0.2, 0) is 13.1 Å². The lowest BCUT2D eigenvalue weighted by atomic mass is 10.2. The van der Waals surface area contributed by atoms with E-state index >= 15 is 0 Å². The molecule has 0 bridgehead atoms. The molecular weight excluding hydrogens is 358 g/mol. The number of hydrogen-bond donors (Lipinski definition) is 1. The molecule has 1 aliphatic heterocycles. The Hall–Kier alpha value is -3.49. The number of para-hydroxylation sites is 1. The highest BCUT2D eigenvalue weighted by Crippen LogP contribution is 2.21. The van der Waals surface area contributed by atoms with Gasteiger partial charge in [-0.25, -0.2) is 4.68 Å². The van der Waals surface area contributed by atoms with Gasteiger partial charge in [0.1, 0.15) is 0 Å². The minimum absolute atomic E-state index is 0.145. The van der Waals surface area contributed by atoms with Gasteiger partial charge in [0, 0.05) is 12.6 Å². The lowest BCUT2D eigenvalue weighted by Crippen LogP contribution is -2.39. The molecule has 3 aromatic rings. The fourth-order valence-electron chi connectivity index (χ4n) is 3.34. The Labute approximate surface area is 160 Å². The summed E-state index contributed by atoms with van der Waals surface area (Å²) in [6, 6.07) is 11.5. The maximum atomic E-state index is 13.1. The van der Waals surface area contributed by atoms with Crippen LogP contribution >= 0.6 is 0 Å². The van der Waals surface area contributed by atoms with Gasteiger partial charge in [-0.2, -0.15) is 5.10 Å². The number of fused-ring (bicyclic) bond motifs is 1. The van der Waals surface area contributed by atoms with Crippen LogP contribution in [0.4, 0.5) is 0 Å². The number of carbonyl (C=O) groups excluding carboxylic acids is 2. The van der Waals surface area contributed by atoms with E-state index in [1.165, 1.54) is 6.20 Å². The quantitative estimate of drug-likeness (QED) is 0.732. The van der Waals surface area contributed by atoms with E-state index in [0.29, 0.717) is 31.0 Å². The van der Waals surface area contributed by atoms with Crippen LogP contribution in [0.3, 0.4) is 0 Å². The first-order valence-electron chi connectivity index (χ1n) is 9.32. The summed E-state index contributed by atoms with van der Waals surface area (Å²) in [6.07, 6.45) is 3.55. The van der Waals surface area contributed by atoms with Crippen molar-refractivity contribution in [3.8, 4) is 5.69 Å². The molecule has 2 amide bonds. The van der Waals surface area contributed by atoms with E-state index in [1.54, 1.807) is 20.3 Å². The third kappa shape index (κ3) is 3.04. The van der Waals surface area contributed by atoms with E-state index in [2.05, 4.69) is 20.7 Å². The maximum absolute atomic E-state index is 13.1. The Balaban J connectivity index is 1.35. The third-order valence-electron chi connectivity index (χ3n) is 5.00. The molecule has 1 aromatic carbocycles. The van der Waals surface area contributed by atoms with Crippen molar-refractivity contribution in [3.63, 3.8) is 0 Å². The number of amides is 2. The molecule has 5 rings (SSSR count). The molecule has 142 valence electrons. The second kappa shape index (κ2) is 6.59. The van der Waals surface area contributed by atoms with Gasteiger partial charge in [-0.1, -0.05) is 23.4 Å². The van der Waals surface area contributed by atoms with Crippen molar-refractivity contribution in [2.45, 2.75) is 32.0 Å². The van der Waals surface area contributed by atoms with Crippen LogP contribution in [0.15, 0.2) is 42.6 Å². The predicted molar refractivity (Wildman–Crippen MR) is 98.8 cm³/mol. The van der Waals surface area contributed by atoms with Gasteiger partial charge >= 0.3 is 0 Å². The number of nitrogens with zero attached hydrogens (tertiary/aromatic N) is 6. The zero-order chi connectivity index (χ0) is 19.1. The Morgan fingerprint density at radius 2 is 1.93 bits per heavy atom.